The van der Waals surface area contributed by atoms with Crippen molar-refractivity contribution in [2.24, 2.45) is 0 Å². The highest BCUT2D eigenvalue weighted by Gasteiger charge is 2.44. The van der Waals surface area contributed by atoms with Crippen LogP contribution >= 0.6 is 0 Å². The molecule has 0 saturated carbocycles. The van der Waals surface area contributed by atoms with E-state index in [1.165, 1.54) is 244 Å². The molecule has 1 saturated heterocycles. The number of hydrogen-bond donors (Lipinski definition) is 6. The lowest BCUT2D eigenvalue weighted by Crippen LogP contribution is -2.60. The number of carbonyl (C=O) groups excluding carboxylic acids is 1. The van der Waals surface area contributed by atoms with E-state index in [1.54, 1.807) is 0 Å². The molecule has 0 aromatic carbocycles. The van der Waals surface area contributed by atoms with E-state index in [1.807, 2.05) is 0 Å². The van der Waals surface area contributed by atoms with Crippen molar-refractivity contribution in [1.29, 1.82) is 0 Å². The smallest absolute Gasteiger partial charge is 0.220 e. The summed E-state index contributed by atoms with van der Waals surface area (Å²) in [6.07, 6.45) is 51.4. The van der Waals surface area contributed by atoms with Crippen LogP contribution in [0.15, 0.2) is 0 Å². The first-order chi connectivity index (χ1) is 32.8. The van der Waals surface area contributed by atoms with Gasteiger partial charge < -0.3 is 40.3 Å². The highest BCUT2D eigenvalue weighted by molar-refractivity contribution is 5.76. The maximum Gasteiger partial charge on any atom is 0.220 e. The first-order valence-electron chi connectivity index (χ1n) is 29.7. The van der Waals surface area contributed by atoms with Crippen LogP contribution in [0.5, 0.6) is 0 Å². The Kier molecular flexibility index (Phi) is 46.8. The highest BCUT2D eigenvalue weighted by Crippen LogP contribution is 2.23. The third kappa shape index (κ3) is 38.5. The summed E-state index contributed by atoms with van der Waals surface area (Å²) in [4.78, 5) is 13.1. The fraction of sp³-hybridized carbons (Fsp3) is 0.983. The van der Waals surface area contributed by atoms with Gasteiger partial charge in [-0.1, -0.05) is 290 Å². The lowest BCUT2D eigenvalue weighted by atomic mass is 9.99. The molecule has 0 radical (unpaired) electrons. The SMILES string of the molecule is CCCCCCCCCCCCCCCCCCCCCCCCCCCCCCC(=O)N[C@@H](CO[C@@H]1O[C@H](CO)[C@@H](O)C(O)C1O)[C@H](O)CCCCCCCCCCCCCCCCCC. The fourth-order valence-electron chi connectivity index (χ4n) is 9.99. The van der Waals surface area contributed by atoms with Gasteiger partial charge in [-0.3, -0.25) is 4.79 Å². The van der Waals surface area contributed by atoms with E-state index in [9.17, 15) is 30.3 Å². The quantitative estimate of drug-likeness (QED) is 0.0330. The molecule has 67 heavy (non-hydrogen) atoms. The van der Waals surface area contributed by atoms with E-state index in [4.69, 9.17) is 9.47 Å². The number of ether oxygens (including phenoxy) is 2. The van der Waals surface area contributed by atoms with E-state index in [2.05, 4.69) is 19.2 Å². The third-order valence-corrected chi connectivity index (χ3v) is 14.7. The van der Waals surface area contributed by atoms with Crippen molar-refractivity contribution in [1.82, 2.24) is 5.32 Å². The normalized spacial score (nSPS) is 19.5. The molecule has 1 heterocycles. The Balaban J connectivity index is 2.13. The predicted molar refractivity (Wildman–Crippen MR) is 281 cm³/mol. The Bertz CT molecular complexity index is 1020. The average Bonchev–Trinajstić information content (AvgIpc) is 3.33. The van der Waals surface area contributed by atoms with Crippen molar-refractivity contribution in [3.05, 3.63) is 0 Å². The van der Waals surface area contributed by atoms with Gasteiger partial charge in [0, 0.05) is 6.42 Å². The van der Waals surface area contributed by atoms with Gasteiger partial charge >= 0.3 is 0 Å². The summed E-state index contributed by atoms with van der Waals surface area (Å²) in [5.41, 5.74) is 0. The van der Waals surface area contributed by atoms with Crippen LogP contribution in [0.3, 0.4) is 0 Å². The third-order valence-electron chi connectivity index (χ3n) is 14.7. The van der Waals surface area contributed by atoms with Crippen molar-refractivity contribution in [2.45, 2.75) is 352 Å². The van der Waals surface area contributed by atoms with E-state index in [-0.39, 0.29) is 12.5 Å². The molecular formula is C58H115NO8. The van der Waals surface area contributed by atoms with Crippen LogP contribution < -0.4 is 5.32 Å². The minimum Gasteiger partial charge on any atom is -0.394 e. The largest absolute Gasteiger partial charge is 0.394 e. The van der Waals surface area contributed by atoms with Crippen LogP contribution in [-0.2, 0) is 14.3 Å². The molecule has 0 aliphatic carbocycles. The number of rotatable bonds is 52. The number of carbonyl (C=O) groups is 1. The van der Waals surface area contributed by atoms with E-state index < -0.39 is 49.5 Å². The Morgan fingerprint density at radius 3 is 1.06 bits per heavy atom. The van der Waals surface area contributed by atoms with Crippen LogP contribution in [0, 0.1) is 0 Å². The molecule has 400 valence electrons. The lowest BCUT2D eigenvalue weighted by Gasteiger charge is -2.40. The van der Waals surface area contributed by atoms with E-state index in [0.717, 1.165) is 38.5 Å². The van der Waals surface area contributed by atoms with E-state index >= 15 is 0 Å². The molecule has 1 aliphatic rings. The number of unbranched alkanes of at least 4 members (excludes halogenated alkanes) is 42. The molecule has 6 N–H and O–H groups in total. The highest BCUT2D eigenvalue weighted by atomic mass is 16.7. The van der Waals surface area contributed by atoms with Crippen LogP contribution in [0.25, 0.3) is 0 Å². The number of hydrogen-bond acceptors (Lipinski definition) is 8. The molecule has 9 nitrogen and oxygen atoms in total. The van der Waals surface area contributed by atoms with Gasteiger partial charge in [-0.2, -0.15) is 0 Å². The number of aliphatic hydroxyl groups excluding tert-OH is 5. The zero-order valence-corrected chi connectivity index (χ0v) is 44.4. The topological polar surface area (TPSA) is 149 Å². The molecule has 1 aliphatic heterocycles. The maximum atomic E-state index is 13.1. The summed E-state index contributed by atoms with van der Waals surface area (Å²) in [6, 6.07) is -0.713. The van der Waals surface area contributed by atoms with Gasteiger partial charge in [0.25, 0.3) is 0 Å². The van der Waals surface area contributed by atoms with Gasteiger partial charge in [0.2, 0.25) is 5.91 Å². The fourth-order valence-corrected chi connectivity index (χ4v) is 9.99. The molecule has 2 unspecified atom stereocenters. The average molecular weight is 955 g/mol. The minimum absolute atomic E-state index is 0.131. The summed E-state index contributed by atoms with van der Waals surface area (Å²) in [7, 11) is 0. The standard InChI is InChI=1S/C58H115NO8/c1-3-5-7-9-11-13-15-17-19-21-22-23-24-25-26-27-28-29-30-31-32-34-36-38-40-42-44-46-48-54(62)59-51(50-66-58-57(65)56(64)55(63)53(49-60)67-58)52(61)47-45-43-41-39-37-35-33-20-18-16-14-12-10-8-6-4-2/h51-53,55-58,60-61,63-65H,3-50H2,1-2H3,(H,59,62)/t51-,52+,53+,55+,56?,57?,58+/m0/s1. The van der Waals surface area contributed by atoms with Crippen LogP contribution in [0.4, 0.5) is 0 Å². The number of aliphatic hydroxyl groups is 5. The summed E-state index contributed by atoms with van der Waals surface area (Å²) in [5.74, 6) is -0.136. The molecule has 0 aromatic heterocycles. The Morgan fingerprint density at radius 1 is 0.448 bits per heavy atom. The number of nitrogens with one attached hydrogen (secondary N) is 1. The van der Waals surface area contributed by atoms with Crippen LogP contribution in [0.1, 0.15) is 309 Å². The van der Waals surface area contributed by atoms with Crippen molar-refractivity contribution in [3.63, 3.8) is 0 Å². The Morgan fingerprint density at radius 2 is 0.746 bits per heavy atom. The predicted octanol–water partition coefficient (Wildman–Crippen LogP) is 14.6. The molecule has 0 spiro atoms. The van der Waals surface area contributed by atoms with Gasteiger partial charge in [0.1, 0.15) is 24.4 Å². The molecule has 1 fully saturated rings. The van der Waals surface area contributed by atoms with Gasteiger partial charge in [0.05, 0.1) is 25.4 Å². The first kappa shape index (κ1) is 64.2. The van der Waals surface area contributed by atoms with Crippen LogP contribution in [0.2, 0.25) is 0 Å². The van der Waals surface area contributed by atoms with Gasteiger partial charge in [0.15, 0.2) is 6.29 Å². The second kappa shape index (κ2) is 48.8. The zero-order valence-electron chi connectivity index (χ0n) is 44.4. The summed E-state index contributed by atoms with van der Waals surface area (Å²) >= 11 is 0. The minimum atomic E-state index is -1.55. The van der Waals surface area contributed by atoms with Crippen molar-refractivity contribution in [3.8, 4) is 0 Å². The van der Waals surface area contributed by atoms with Gasteiger partial charge in [-0.05, 0) is 12.8 Å². The second-order valence-corrected chi connectivity index (χ2v) is 21.2. The summed E-state index contributed by atoms with van der Waals surface area (Å²) in [6.45, 7) is 3.88. The molecule has 0 aromatic rings. The Labute approximate surface area is 414 Å². The molecule has 1 rings (SSSR count). The van der Waals surface area contributed by atoms with E-state index in [0.29, 0.717) is 12.8 Å². The molecular weight excluding hydrogens is 839 g/mol. The van der Waals surface area contributed by atoms with Crippen molar-refractivity contribution >= 4 is 5.91 Å². The molecule has 1 amide bonds. The Hall–Kier alpha value is -0.810. The molecule has 0 bridgehead atoms. The maximum absolute atomic E-state index is 13.1. The molecule has 9 heteroatoms. The van der Waals surface area contributed by atoms with Gasteiger partial charge in [-0.15, -0.1) is 0 Å². The zero-order chi connectivity index (χ0) is 48.7. The monoisotopic (exact) mass is 954 g/mol. The van der Waals surface area contributed by atoms with Crippen LogP contribution in [-0.4, -0.2) is 87.5 Å². The first-order valence-corrected chi connectivity index (χ1v) is 29.7. The summed E-state index contributed by atoms with van der Waals surface area (Å²) < 4.78 is 11.3. The van der Waals surface area contributed by atoms with Crippen molar-refractivity contribution in [2.75, 3.05) is 13.2 Å². The van der Waals surface area contributed by atoms with Gasteiger partial charge in [-0.25, -0.2) is 0 Å². The lowest BCUT2D eigenvalue weighted by molar-refractivity contribution is -0.302. The molecule has 7 atom stereocenters. The number of amides is 1. The second-order valence-electron chi connectivity index (χ2n) is 21.2. The van der Waals surface area contributed by atoms with Crippen molar-refractivity contribution < 1.29 is 39.8 Å². The summed E-state index contributed by atoms with van der Waals surface area (Å²) in [5, 5.41) is 54.7.